The summed E-state index contributed by atoms with van der Waals surface area (Å²) in [6.07, 6.45) is 0.430. The molecule has 0 saturated carbocycles. The zero-order chi connectivity index (χ0) is 25.0. The Morgan fingerprint density at radius 3 is 2.47 bits per heavy atom. The third-order valence-electron chi connectivity index (χ3n) is 5.98. The van der Waals surface area contributed by atoms with Crippen molar-refractivity contribution in [2.24, 2.45) is 0 Å². The van der Waals surface area contributed by atoms with Crippen LogP contribution in [0.2, 0.25) is 0 Å². The van der Waals surface area contributed by atoms with Gasteiger partial charge in [0.15, 0.2) is 0 Å². The van der Waals surface area contributed by atoms with Crippen molar-refractivity contribution in [3.05, 3.63) is 64.2 Å². The van der Waals surface area contributed by atoms with Crippen molar-refractivity contribution in [2.45, 2.75) is 70.7 Å². The molecular formula is C26H35F2N3O3. The van der Waals surface area contributed by atoms with E-state index in [1.807, 2.05) is 6.92 Å². The van der Waals surface area contributed by atoms with E-state index in [1.165, 1.54) is 19.1 Å². The van der Waals surface area contributed by atoms with Crippen LogP contribution < -0.4 is 16.0 Å². The van der Waals surface area contributed by atoms with E-state index in [-0.39, 0.29) is 24.9 Å². The molecule has 0 radical (unpaired) electrons. The number of hydrogen-bond donors (Lipinski definition) is 5. The zero-order valence-electron chi connectivity index (χ0n) is 20.2. The number of benzene rings is 2. The van der Waals surface area contributed by atoms with E-state index in [0.29, 0.717) is 12.0 Å². The molecule has 1 aliphatic rings. The number of rotatable bonds is 9. The molecule has 0 bridgehead atoms. The number of nitrogens with one attached hydrogen (secondary N) is 3. The van der Waals surface area contributed by atoms with Crippen LogP contribution in [0.15, 0.2) is 30.3 Å². The van der Waals surface area contributed by atoms with Crippen molar-refractivity contribution >= 4 is 11.6 Å². The van der Waals surface area contributed by atoms with Crippen LogP contribution in [0.3, 0.4) is 0 Å². The van der Waals surface area contributed by atoms with Crippen molar-refractivity contribution in [1.82, 2.24) is 10.6 Å². The molecule has 8 heteroatoms. The predicted molar refractivity (Wildman–Crippen MR) is 129 cm³/mol. The molecule has 0 spiro atoms. The Kier molecular flexibility index (Phi) is 8.28. The molecule has 1 amide bonds. The van der Waals surface area contributed by atoms with Gasteiger partial charge >= 0.3 is 0 Å². The highest BCUT2D eigenvalue weighted by atomic mass is 19.1. The summed E-state index contributed by atoms with van der Waals surface area (Å²) in [6.45, 7) is 7.88. The molecule has 0 saturated heterocycles. The van der Waals surface area contributed by atoms with Gasteiger partial charge in [-0.2, -0.15) is 0 Å². The maximum absolute atomic E-state index is 13.6. The van der Waals surface area contributed by atoms with E-state index in [0.717, 1.165) is 41.4 Å². The van der Waals surface area contributed by atoms with Gasteiger partial charge in [0.2, 0.25) is 5.91 Å². The van der Waals surface area contributed by atoms with Crippen LogP contribution in [0, 0.1) is 18.6 Å². The van der Waals surface area contributed by atoms with Crippen molar-refractivity contribution in [2.75, 3.05) is 18.4 Å². The number of hydrogen-bond acceptors (Lipinski definition) is 5. The fourth-order valence-corrected chi connectivity index (χ4v) is 4.65. The van der Waals surface area contributed by atoms with Crippen LogP contribution in [0.25, 0.3) is 0 Å². The Bertz CT molecular complexity index is 1000. The number of fused-ring (bicyclic) bond motifs is 1. The minimum absolute atomic E-state index is 0.0315. The standard InChI is InChI=1S/C26H35F2N3O3/c1-15-7-18(13-26(3,4)34)10-21-22(5-6-29-25(15)21)30-14-24(33)23(31-16(2)32)11-17-8-19(27)12-20(28)9-17/h7-10,12,22-24,29-30,33-34H,5-6,11,13-14H2,1-4H3,(H,31,32)/t22?,23-,24+/m0/s1. The Labute approximate surface area is 199 Å². The van der Waals surface area contributed by atoms with Crippen molar-refractivity contribution < 1.29 is 23.8 Å². The molecule has 0 aromatic heterocycles. The van der Waals surface area contributed by atoms with Gasteiger partial charge in [-0.1, -0.05) is 12.1 Å². The molecular weight excluding hydrogens is 440 g/mol. The summed E-state index contributed by atoms with van der Waals surface area (Å²) in [4.78, 5) is 11.7. The lowest BCUT2D eigenvalue weighted by molar-refractivity contribution is -0.120. The molecule has 2 aromatic carbocycles. The van der Waals surface area contributed by atoms with Crippen LogP contribution in [-0.2, 0) is 17.6 Å². The topological polar surface area (TPSA) is 93.6 Å². The molecule has 34 heavy (non-hydrogen) atoms. The number of aliphatic hydroxyl groups is 2. The quantitative estimate of drug-likeness (QED) is 0.384. The maximum Gasteiger partial charge on any atom is 0.217 e. The van der Waals surface area contributed by atoms with Crippen LogP contribution in [0.5, 0.6) is 0 Å². The molecule has 2 aromatic rings. The summed E-state index contributed by atoms with van der Waals surface area (Å²) in [5.74, 6) is -1.74. The second kappa shape index (κ2) is 10.8. The molecule has 5 N–H and O–H groups in total. The Morgan fingerprint density at radius 2 is 1.85 bits per heavy atom. The fraction of sp³-hybridized carbons (Fsp3) is 0.500. The molecule has 0 aliphatic carbocycles. The molecule has 1 unspecified atom stereocenters. The van der Waals surface area contributed by atoms with Crippen LogP contribution in [0.1, 0.15) is 55.5 Å². The highest BCUT2D eigenvalue weighted by molar-refractivity contribution is 5.73. The molecule has 0 fully saturated rings. The van der Waals surface area contributed by atoms with Crippen LogP contribution in [0.4, 0.5) is 14.5 Å². The second-order valence-corrected chi connectivity index (χ2v) is 9.90. The van der Waals surface area contributed by atoms with Gasteiger partial charge in [-0.25, -0.2) is 8.78 Å². The van der Waals surface area contributed by atoms with Crippen molar-refractivity contribution in [3.63, 3.8) is 0 Å². The van der Waals surface area contributed by atoms with Gasteiger partial charge in [-0.15, -0.1) is 0 Å². The van der Waals surface area contributed by atoms with E-state index in [1.54, 1.807) is 13.8 Å². The molecule has 3 rings (SSSR count). The summed E-state index contributed by atoms with van der Waals surface area (Å²) >= 11 is 0. The first-order valence-electron chi connectivity index (χ1n) is 11.6. The monoisotopic (exact) mass is 475 g/mol. The third kappa shape index (κ3) is 7.22. The van der Waals surface area contributed by atoms with Crippen molar-refractivity contribution in [1.29, 1.82) is 0 Å². The summed E-state index contributed by atoms with van der Waals surface area (Å²) in [7, 11) is 0. The number of amides is 1. The second-order valence-electron chi connectivity index (χ2n) is 9.90. The lowest BCUT2D eigenvalue weighted by Gasteiger charge is -2.32. The molecule has 6 nitrogen and oxygen atoms in total. The average molecular weight is 476 g/mol. The van der Waals surface area contributed by atoms with Gasteiger partial charge in [-0.05, 0) is 68.0 Å². The minimum Gasteiger partial charge on any atom is -0.390 e. The first-order chi connectivity index (χ1) is 15.9. The van der Waals surface area contributed by atoms with Gasteiger partial charge in [0, 0.05) is 44.2 Å². The summed E-state index contributed by atoms with van der Waals surface area (Å²) in [6, 6.07) is 6.61. The molecule has 1 aliphatic heterocycles. The zero-order valence-corrected chi connectivity index (χ0v) is 20.2. The highest BCUT2D eigenvalue weighted by Gasteiger charge is 2.26. The number of carbonyl (C=O) groups excluding carboxylic acids is 1. The lowest BCUT2D eigenvalue weighted by Crippen LogP contribution is -2.49. The van der Waals surface area contributed by atoms with Gasteiger partial charge in [0.25, 0.3) is 0 Å². The minimum atomic E-state index is -0.978. The van der Waals surface area contributed by atoms with Gasteiger partial charge < -0.3 is 26.2 Å². The lowest BCUT2D eigenvalue weighted by atomic mass is 9.89. The van der Waals surface area contributed by atoms with Crippen LogP contribution in [-0.4, -0.2) is 47.0 Å². The molecule has 186 valence electrons. The average Bonchev–Trinajstić information content (AvgIpc) is 2.69. The summed E-state index contributed by atoms with van der Waals surface area (Å²) < 4.78 is 27.2. The molecule has 3 atom stereocenters. The highest BCUT2D eigenvalue weighted by Crippen LogP contribution is 2.34. The molecule has 1 heterocycles. The van der Waals surface area contributed by atoms with Gasteiger partial charge in [-0.3, -0.25) is 4.79 Å². The number of aliphatic hydroxyl groups excluding tert-OH is 1. The number of carbonyl (C=O) groups is 1. The maximum atomic E-state index is 13.6. The number of aryl methyl sites for hydroxylation is 1. The van der Waals surface area contributed by atoms with E-state index in [9.17, 15) is 23.8 Å². The Hall–Kier alpha value is -2.55. The largest absolute Gasteiger partial charge is 0.390 e. The van der Waals surface area contributed by atoms with E-state index in [4.69, 9.17) is 0 Å². The Balaban J connectivity index is 1.74. The van der Waals surface area contributed by atoms with E-state index < -0.39 is 29.4 Å². The normalized spacial score (nSPS) is 17.5. The fourth-order valence-electron chi connectivity index (χ4n) is 4.65. The Morgan fingerprint density at radius 1 is 1.18 bits per heavy atom. The summed E-state index contributed by atoms with van der Waals surface area (Å²) in [5.41, 5.74) is 3.77. The van der Waals surface area contributed by atoms with Gasteiger partial charge in [0.05, 0.1) is 17.7 Å². The SMILES string of the molecule is CC(=O)N[C@@H](Cc1cc(F)cc(F)c1)[C@H](O)CNC1CCNc2c(C)cc(CC(C)(C)O)cc21. The smallest absolute Gasteiger partial charge is 0.217 e. The third-order valence-corrected chi connectivity index (χ3v) is 5.98. The van der Waals surface area contributed by atoms with E-state index in [2.05, 4.69) is 28.1 Å². The number of anilines is 1. The first-order valence-corrected chi connectivity index (χ1v) is 11.6. The van der Waals surface area contributed by atoms with E-state index >= 15 is 0 Å². The summed E-state index contributed by atoms with van der Waals surface area (Å²) in [5, 5.41) is 30.7. The van der Waals surface area contributed by atoms with Crippen molar-refractivity contribution in [3.8, 4) is 0 Å². The van der Waals surface area contributed by atoms with Gasteiger partial charge in [0.1, 0.15) is 11.6 Å². The number of halogens is 2. The van der Waals surface area contributed by atoms with Crippen LogP contribution >= 0.6 is 0 Å². The predicted octanol–water partition coefficient (Wildman–Crippen LogP) is 3.14. The first kappa shape index (κ1) is 26.1.